The SMILES string of the molecule is CCC(=O)CC(C)(C)C.Cc1nn2ccc(C#N)cc2c1-c1ccc(F)cc1. The summed E-state index contributed by atoms with van der Waals surface area (Å²) in [5.74, 6) is 0.0955. The van der Waals surface area contributed by atoms with Gasteiger partial charge in [-0.3, -0.25) is 4.79 Å². The summed E-state index contributed by atoms with van der Waals surface area (Å²) in [6.45, 7) is 10.1. The van der Waals surface area contributed by atoms with Gasteiger partial charge < -0.3 is 0 Å². The largest absolute Gasteiger partial charge is 0.300 e. The average Bonchev–Trinajstić information content (AvgIpc) is 2.96. The van der Waals surface area contributed by atoms with Crippen LogP contribution in [0.3, 0.4) is 0 Å². The van der Waals surface area contributed by atoms with Gasteiger partial charge in [0.05, 0.1) is 22.8 Å². The molecule has 0 amide bonds. The van der Waals surface area contributed by atoms with E-state index in [0.29, 0.717) is 24.2 Å². The first-order valence-corrected chi connectivity index (χ1v) is 9.31. The molecule has 4 nitrogen and oxygen atoms in total. The van der Waals surface area contributed by atoms with E-state index in [0.717, 1.165) is 22.3 Å². The average molecular weight is 379 g/mol. The topological polar surface area (TPSA) is 58.2 Å². The first kappa shape index (κ1) is 21.3. The highest BCUT2D eigenvalue weighted by Crippen LogP contribution is 2.28. The smallest absolute Gasteiger partial charge is 0.133 e. The van der Waals surface area contributed by atoms with Crippen LogP contribution in [0.2, 0.25) is 0 Å². The number of pyridine rings is 1. The number of fused-ring (bicyclic) bond motifs is 1. The lowest BCUT2D eigenvalue weighted by atomic mass is 9.89. The molecule has 5 heteroatoms. The zero-order valence-corrected chi connectivity index (χ0v) is 17.1. The van der Waals surface area contributed by atoms with Crippen molar-refractivity contribution in [1.29, 1.82) is 5.26 Å². The van der Waals surface area contributed by atoms with Crippen molar-refractivity contribution in [2.45, 2.75) is 47.5 Å². The van der Waals surface area contributed by atoms with Gasteiger partial charge in [-0.15, -0.1) is 0 Å². The molecule has 0 saturated heterocycles. The Morgan fingerprint density at radius 1 is 1.21 bits per heavy atom. The van der Waals surface area contributed by atoms with Crippen LogP contribution in [0.15, 0.2) is 42.6 Å². The van der Waals surface area contributed by atoms with Crippen LogP contribution in [0, 0.1) is 29.5 Å². The molecule has 0 spiro atoms. The van der Waals surface area contributed by atoms with E-state index in [1.165, 1.54) is 12.1 Å². The lowest BCUT2D eigenvalue weighted by Crippen LogP contribution is -2.11. The number of hydrogen-bond donors (Lipinski definition) is 0. The molecule has 0 radical (unpaired) electrons. The maximum atomic E-state index is 13.0. The molecular formula is C23H26FN3O. The van der Waals surface area contributed by atoms with E-state index in [4.69, 9.17) is 5.26 Å². The number of Topliss-reactive ketones (excluding diaryl/α,β-unsaturated/α-hetero) is 1. The molecule has 2 heterocycles. The van der Waals surface area contributed by atoms with E-state index < -0.39 is 0 Å². The number of benzene rings is 1. The zero-order valence-electron chi connectivity index (χ0n) is 17.1. The van der Waals surface area contributed by atoms with Crippen LogP contribution in [-0.2, 0) is 4.79 Å². The Hall–Kier alpha value is -3.00. The molecule has 0 atom stereocenters. The molecule has 0 bridgehead atoms. The van der Waals surface area contributed by atoms with Gasteiger partial charge >= 0.3 is 0 Å². The second-order valence-electron chi connectivity index (χ2n) is 7.95. The molecule has 0 aliphatic heterocycles. The molecule has 0 aliphatic rings. The highest BCUT2D eigenvalue weighted by molar-refractivity contribution is 5.83. The fraction of sp³-hybridized carbons (Fsp3) is 0.348. The van der Waals surface area contributed by atoms with Crippen LogP contribution < -0.4 is 0 Å². The predicted molar refractivity (Wildman–Crippen MR) is 109 cm³/mol. The maximum absolute atomic E-state index is 13.0. The number of aryl methyl sites for hydroxylation is 1. The van der Waals surface area contributed by atoms with Gasteiger partial charge in [-0.1, -0.05) is 39.8 Å². The molecule has 3 rings (SSSR count). The van der Waals surface area contributed by atoms with Crippen LogP contribution in [0.4, 0.5) is 4.39 Å². The zero-order chi connectivity index (χ0) is 20.9. The Kier molecular flexibility index (Phi) is 6.69. The van der Waals surface area contributed by atoms with Crippen molar-refractivity contribution < 1.29 is 9.18 Å². The number of carbonyl (C=O) groups excluding carboxylic acids is 1. The number of nitrogens with zero attached hydrogens (tertiary/aromatic N) is 3. The van der Waals surface area contributed by atoms with E-state index in [1.807, 2.05) is 13.8 Å². The minimum absolute atomic E-state index is 0.174. The lowest BCUT2D eigenvalue weighted by molar-refractivity contribution is -0.120. The fourth-order valence-electron chi connectivity index (χ4n) is 2.92. The van der Waals surface area contributed by atoms with Gasteiger partial charge in [-0.05, 0) is 42.2 Å². The number of rotatable bonds is 3. The minimum atomic E-state index is -0.268. The Bertz CT molecular complexity index is 1010. The molecule has 2 aromatic heterocycles. The van der Waals surface area contributed by atoms with Crippen LogP contribution in [-0.4, -0.2) is 15.4 Å². The van der Waals surface area contributed by atoms with Gasteiger partial charge in [-0.2, -0.15) is 10.4 Å². The molecule has 0 unspecified atom stereocenters. The summed E-state index contributed by atoms with van der Waals surface area (Å²) in [6, 6.07) is 11.9. The van der Waals surface area contributed by atoms with Crippen molar-refractivity contribution in [1.82, 2.24) is 9.61 Å². The Balaban J connectivity index is 0.000000266. The standard InChI is InChI=1S/C15H10FN3.C8H16O/c1-10-15(12-2-4-13(16)5-3-12)14-8-11(9-17)6-7-19(14)18-10;1-5-7(9)6-8(2,3)4/h2-8H,1H3;5-6H2,1-4H3. The first-order valence-electron chi connectivity index (χ1n) is 9.31. The molecule has 146 valence electrons. The van der Waals surface area contributed by atoms with Crippen molar-refractivity contribution in [2.75, 3.05) is 0 Å². The maximum Gasteiger partial charge on any atom is 0.133 e. The second kappa shape index (κ2) is 8.79. The molecule has 0 aliphatic carbocycles. The van der Waals surface area contributed by atoms with E-state index in [2.05, 4.69) is 31.9 Å². The Morgan fingerprint density at radius 3 is 2.36 bits per heavy atom. The molecule has 3 aromatic rings. The van der Waals surface area contributed by atoms with E-state index in [1.54, 1.807) is 35.0 Å². The summed E-state index contributed by atoms with van der Waals surface area (Å²) in [5, 5.41) is 13.4. The molecule has 0 N–H and O–H groups in total. The van der Waals surface area contributed by atoms with Crippen LogP contribution in [0.1, 0.15) is 51.8 Å². The van der Waals surface area contributed by atoms with Crippen molar-refractivity contribution in [3.63, 3.8) is 0 Å². The normalized spacial score (nSPS) is 10.9. The van der Waals surface area contributed by atoms with Crippen LogP contribution >= 0.6 is 0 Å². The van der Waals surface area contributed by atoms with Gasteiger partial charge in [0.2, 0.25) is 0 Å². The second-order valence-corrected chi connectivity index (χ2v) is 7.95. The number of nitriles is 1. The van der Waals surface area contributed by atoms with Gasteiger partial charge in [-0.25, -0.2) is 8.91 Å². The highest BCUT2D eigenvalue weighted by Gasteiger charge is 2.14. The van der Waals surface area contributed by atoms with E-state index >= 15 is 0 Å². The summed E-state index contributed by atoms with van der Waals surface area (Å²) in [6.07, 6.45) is 3.15. The first-order chi connectivity index (χ1) is 13.1. The van der Waals surface area contributed by atoms with Crippen molar-refractivity contribution in [3.05, 3.63) is 59.7 Å². The quantitative estimate of drug-likeness (QED) is 0.584. The predicted octanol–water partition coefficient (Wildman–Crippen LogP) is 5.72. The fourth-order valence-corrected chi connectivity index (χ4v) is 2.92. The van der Waals surface area contributed by atoms with Crippen molar-refractivity contribution in [3.8, 4) is 17.2 Å². The molecule has 28 heavy (non-hydrogen) atoms. The van der Waals surface area contributed by atoms with Gasteiger partial charge in [0.25, 0.3) is 0 Å². The van der Waals surface area contributed by atoms with Crippen molar-refractivity contribution in [2.24, 2.45) is 5.41 Å². The number of hydrogen-bond acceptors (Lipinski definition) is 3. The van der Waals surface area contributed by atoms with E-state index in [9.17, 15) is 9.18 Å². The van der Waals surface area contributed by atoms with Gasteiger partial charge in [0.15, 0.2) is 0 Å². The summed E-state index contributed by atoms with van der Waals surface area (Å²) in [7, 11) is 0. The van der Waals surface area contributed by atoms with Gasteiger partial charge in [0, 0.05) is 24.6 Å². The highest BCUT2D eigenvalue weighted by atomic mass is 19.1. The number of aromatic nitrogens is 2. The third-order valence-electron chi connectivity index (χ3n) is 4.19. The summed E-state index contributed by atoms with van der Waals surface area (Å²) < 4.78 is 14.7. The van der Waals surface area contributed by atoms with E-state index in [-0.39, 0.29) is 11.2 Å². The van der Waals surface area contributed by atoms with Crippen molar-refractivity contribution >= 4 is 11.3 Å². The van der Waals surface area contributed by atoms with Gasteiger partial charge in [0.1, 0.15) is 11.6 Å². The summed E-state index contributed by atoms with van der Waals surface area (Å²) >= 11 is 0. The lowest BCUT2D eigenvalue weighted by Gasteiger charge is -2.15. The van der Waals surface area contributed by atoms with Crippen LogP contribution in [0.25, 0.3) is 16.6 Å². The molecule has 1 aromatic carbocycles. The van der Waals surface area contributed by atoms with Crippen LogP contribution in [0.5, 0.6) is 0 Å². The monoisotopic (exact) mass is 379 g/mol. The Morgan fingerprint density at radius 2 is 1.86 bits per heavy atom. The number of ketones is 1. The third kappa shape index (κ3) is 5.50. The molecule has 0 saturated carbocycles. The molecule has 0 fully saturated rings. The minimum Gasteiger partial charge on any atom is -0.300 e. The number of halogens is 1. The summed E-state index contributed by atoms with van der Waals surface area (Å²) in [4.78, 5) is 10.8. The summed E-state index contributed by atoms with van der Waals surface area (Å²) in [5.41, 5.74) is 4.27. The third-order valence-corrected chi connectivity index (χ3v) is 4.19. The number of carbonyl (C=O) groups is 1. The molecular weight excluding hydrogens is 353 g/mol. The Labute approximate surface area is 165 Å².